The lowest BCUT2D eigenvalue weighted by molar-refractivity contribution is 0.0998. The highest BCUT2D eigenvalue weighted by Gasteiger charge is 2.34. The van der Waals surface area contributed by atoms with Gasteiger partial charge in [-0.1, -0.05) is 32.4 Å². The molecule has 8 heteroatoms. The van der Waals surface area contributed by atoms with Crippen molar-refractivity contribution in [2.75, 3.05) is 20.3 Å². The molecule has 1 unspecified atom stereocenters. The van der Waals surface area contributed by atoms with Crippen LogP contribution in [0.25, 0.3) is 11.3 Å². The van der Waals surface area contributed by atoms with Crippen molar-refractivity contribution < 1.29 is 14.3 Å². The maximum Gasteiger partial charge on any atom is 0.322 e. The topological polar surface area (TPSA) is 87.0 Å². The highest BCUT2D eigenvalue weighted by atomic mass is 35.5. The van der Waals surface area contributed by atoms with E-state index < -0.39 is 11.3 Å². The molecule has 3 rings (SSSR count). The van der Waals surface area contributed by atoms with Crippen LogP contribution >= 0.6 is 11.6 Å². The Morgan fingerprint density at radius 3 is 2.63 bits per heavy atom. The smallest absolute Gasteiger partial charge is 0.322 e. The minimum absolute atomic E-state index is 0.0543. The molecule has 30 heavy (non-hydrogen) atoms. The van der Waals surface area contributed by atoms with Crippen LogP contribution in [0.4, 0.5) is 0 Å². The number of aromatic nitrogens is 1. The first kappa shape index (κ1) is 22.2. The van der Waals surface area contributed by atoms with Crippen LogP contribution in [0.3, 0.4) is 0 Å². The summed E-state index contributed by atoms with van der Waals surface area (Å²) in [6.45, 7) is 7.34. The molecule has 2 aromatic rings. The van der Waals surface area contributed by atoms with Gasteiger partial charge in [0.25, 0.3) is 0 Å². The van der Waals surface area contributed by atoms with Crippen LogP contribution in [0.2, 0.25) is 5.02 Å². The zero-order valence-electron chi connectivity index (χ0n) is 17.5. The van der Waals surface area contributed by atoms with Gasteiger partial charge in [-0.3, -0.25) is 9.59 Å². The average Bonchev–Trinajstić information content (AvgIpc) is 2.69. The summed E-state index contributed by atoms with van der Waals surface area (Å²) in [6, 6.07) is 5.03. The summed E-state index contributed by atoms with van der Waals surface area (Å²) in [5, 5.41) is 2.86. The predicted octanol–water partition coefficient (Wildman–Crippen LogP) is 4.63. The molecule has 1 aliphatic heterocycles. The molecule has 0 saturated heterocycles. The molecule has 160 valence electrons. The van der Waals surface area contributed by atoms with Crippen LogP contribution < -0.4 is 10.2 Å². The van der Waals surface area contributed by atoms with E-state index in [9.17, 15) is 14.5 Å². The summed E-state index contributed by atoms with van der Waals surface area (Å²) in [5.41, 5.74) is 1.51. The van der Waals surface area contributed by atoms with E-state index in [1.807, 2.05) is 10.6 Å². The van der Waals surface area contributed by atoms with Gasteiger partial charge in [0, 0.05) is 49.2 Å². The van der Waals surface area contributed by atoms with Gasteiger partial charge in [-0.05, 0) is 29.5 Å². The van der Waals surface area contributed by atoms with E-state index in [1.165, 1.54) is 12.3 Å². The highest BCUT2D eigenvalue weighted by molar-refractivity contribution is 6.32. The number of ether oxygens (including phenoxy) is 2. The van der Waals surface area contributed by atoms with Crippen LogP contribution in [0.1, 0.15) is 49.2 Å². The van der Waals surface area contributed by atoms with Gasteiger partial charge in [-0.25, -0.2) is 0 Å². The van der Waals surface area contributed by atoms with E-state index >= 15 is 0 Å². The second-order valence-electron chi connectivity index (χ2n) is 8.46. The lowest BCUT2D eigenvalue weighted by atomic mass is 9.79. The molecule has 0 radical (unpaired) electrons. The van der Waals surface area contributed by atoms with Crippen molar-refractivity contribution in [2.24, 2.45) is 10.6 Å². The summed E-state index contributed by atoms with van der Waals surface area (Å²) >= 11 is 6.46. The van der Waals surface area contributed by atoms with Crippen LogP contribution in [0.15, 0.2) is 34.4 Å². The fourth-order valence-electron chi connectivity index (χ4n) is 3.76. The van der Waals surface area contributed by atoms with Crippen molar-refractivity contribution in [3.63, 3.8) is 0 Å². The zero-order chi connectivity index (χ0) is 22.1. The second kappa shape index (κ2) is 8.70. The van der Waals surface area contributed by atoms with E-state index in [4.69, 9.17) is 21.1 Å². The molecular formula is C22H25ClN2O5. The molecule has 1 aromatic carbocycles. The first-order chi connectivity index (χ1) is 14.2. The van der Waals surface area contributed by atoms with E-state index in [0.717, 1.165) is 17.5 Å². The van der Waals surface area contributed by atoms with Gasteiger partial charge < -0.3 is 14.0 Å². The zero-order valence-corrected chi connectivity index (χ0v) is 18.3. The third-order valence-corrected chi connectivity index (χ3v) is 5.62. The molecule has 1 aromatic heterocycles. The van der Waals surface area contributed by atoms with Crippen molar-refractivity contribution >= 4 is 17.5 Å². The Balaban J connectivity index is 2.12. The molecular weight excluding hydrogens is 408 g/mol. The number of hydrogen-bond donors (Lipinski definition) is 0. The fraction of sp³-hybridized carbons (Fsp3) is 0.455. The fourth-order valence-corrected chi connectivity index (χ4v) is 3.98. The van der Waals surface area contributed by atoms with Gasteiger partial charge in [0.1, 0.15) is 11.3 Å². The van der Waals surface area contributed by atoms with Crippen molar-refractivity contribution in [2.45, 2.75) is 39.7 Å². The summed E-state index contributed by atoms with van der Waals surface area (Å²) in [6.07, 6.45) is 2.85. The Kier molecular flexibility index (Phi) is 6.43. The van der Waals surface area contributed by atoms with Crippen molar-refractivity contribution in [3.05, 3.63) is 55.7 Å². The third-order valence-electron chi connectivity index (χ3n) is 5.33. The molecule has 7 nitrogen and oxygen atoms in total. The number of hydrogen-bond acceptors (Lipinski definition) is 5. The Morgan fingerprint density at radius 2 is 2.00 bits per heavy atom. The average molecular weight is 433 g/mol. The summed E-state index contributed by atoms with van der Waals surface area (Å²) in [4.78, 5) is 35.1. The molecule has 1 aliphatic rings. The number of carbonyl (C=O) groups is 1. The highest BCUT2D eigenvalue weighted by Crippen LogP contribution is 2.45. The molecule has 0 bridgehead atoms. The van der Waals surface area contributed by atoms with Crippen LogP contribution in [0.5, 0.6) is 5.75 Å². The molecule has 1 amide bonds. The Morgan fingerprint density at radius 1 is 1.27 bits per heavy atom. The van der Waals surface area contributed by atoms with E-state index in [-0.39, 0.29) is 17.0 Å². The van der Waals surface area contributed by atoms with Crippen LogP contribution in [-0.2, 0) is 11.2 Å². The van der Waals surface area contributed by atoms with Crippen LogP contribution in [0, 0.1) is 10.3 Å². The number of pyridine rings is 1. The number of halogens is 1. The largest absolute Gasteiger partial charge is 0.492 e. The standard InChI is InChI=1S/C22H25ClN2O5/c1-22(2,3)20-9-13-8-19(30-7-5-6-29-4)16(23)10-14(13)17-11-18(26)15(12-25(17)20)21(27)24-28/h8,10-12,20H,5-7,9H2,1-4H3. The normalized spacial score (nSPS) is 15.3. The molecule has 0 aliphatic carbocycles. The summed E-state index contributed by atoms with van der Waals surface area (Å²) in [7, 11) is 1.64. The van der Waals surface area contributed by atoms with Crippen LogP contribution in [-0.4, -0.2) is 30.8 Å². The van der Waals surface area contributed by atoms with Crippen molar-refractivity contribution in [3.8, 4) is 17.0 Å². The van der Waals surface area contributed by atoms with Gasteiger partial charge in [0.15, 0.2) is 5.43 Å². The minimum atomic E-state index is -1.06. The molecule has 0 fully saturated rings. The van der Waals surface area contributed by atoms with E-state index in [0.29, 0.717) is 36.1 Å². The maximum atomic E-state index is 12.5. The SMILES string of the molecule is COCCCOc1cc2c(cc1Cl)-c1cc(=O)c(C(=O)N=O)cn1C(C(C)(C)C)C2. The van der Waals surface area contributed by atoms with Crippen molar-refractivity contribution in [1.82, 2.24) is 4.57 Å². The number of rotatable bonds is 6. The quantitative estimate of drug-likeness (QED) is 0.490. The van der Waals surface area contributed by atoms with Gasteiger partial charge in [0.05, 0.1) is 17.3 Å². The van der Waals surface area contributed by atoms with E-state index in [2.05, 4.69) is 25.9 Å². The first-order valence-electron chi connectivity index (χ1n) is 9.75. The number of fused-ring (bicyclic) bond motifs is 3. The van der Waals surface area contributed by atoms with Gasteiger partial charge in [0.2, 0.25) is 0 Å². The monoisotopic (exact) mass is 432 g/mol. The Bertz CT molecular complexity index is 1040. The number of amides is 1. The third kappa shape index (κ3) is 4.32. The number of nitroso groups, excluding NO2 is 1. The molecule has 1 atom stereocenters. The number of methoxy groups -OCH3 is 1. The molecule has 2 heterocycles. The Hall–Kier alpha value is -2.51. The number of nitrogens with zero attached hydrogens (tertiary/aromatic N) is 2. The molecule has 0 spiro atoms. The lowest BCUT2D eigenvalue weighted by Crippen LogP contribution is -2.32. The lowest BCUT2D eigenvalue weighted by Gasteiger charge is -2.39. The first-order valence-corrected chi connectivity index (χ1v) is 10.1. The van der Waals surface area contributed by atoms with Gasteiger partial charge >= 0.3 is 5.91 Å². The second-order valence-corrected chi connectivity index (χ2v) is 8.87. The summed E-state index contributed by atoms with van der Waals surface area (Å²) in [5.74, 6) is -0.474. The van der Waals surface area contributed by atoms with Gasteiger partial charge in [-0.15, -0.1) is 4.91 Å². The number of carbonyl (C=O) groups excluding carboxylic acids is 1. The molecule has 0 N–H and O–H groups in total. The number of benzene rings is 1. The molecule has 0 saturated carbocycles. The van der Waals surface area contributed by atoms with Crippen molar-refractivity contribution in [1.29, 1.82) is 0 Å². The summed E-state index contributed by atoms with van der Waals surface area (Å²) < 4.78 is 12.8. The predicted molar refractivity (Wildman–Crippen MR) is 115 cm³/mol. The van der Waals surface area contributed by atoms with E-state index in [1.54, 1.807) is 13.2 Å². The minimum Gasteiger partial charge on any atom is -0.492 e. The maximum absolute atomic E-state index is 12.5. The van der Waals surface area contributed by atoms with Gasteiger partial charge in [-0.2, -0.15) is 0 Å². The Labute approximate surface area is 179 Å².